The lowest BCUT2D eigenvalue weighted by atomic mass is 10.2. The van der Waals surface area contributed by atoms with Crippen molar-refractivity contribution in [2.75, 3.05) is 17.7 Å². The van der Waals surface area contributed by atoms with Crippen molar-refractivity contribution in [3.05, 3.63) is 52.9 Å². The van der Waals surface area contributed by atoms with Gasteiger partial charge in [-0.15, -0.1) is 0 Å². The molecule has 1 aromatic heterocycles. The molecule has 1 aromatic carbocycles. The van der Waals surface area contributed by atoms with Crippen LogP contribution in [0.3, 0.4) is 0 Å². The predicted molar refractivity (Wildman–Crippen MR) is 73.1 cm³/mol. The number of anilines is 2. The van der Waals surface area contributed by atoms with E-state index < -0.39 is 11.7 Å². The number of aromatic nitrogens is 1. The van der Waals surface area contributed by atoms with E-state index in [0.717, 1.165) is 0 Å². The maximum atomic E-state index is 13.5. The zero-order valence-electron chi connectivity index (χ0n) is 10.1. The van der Waals surface area contributed by atoms with Crippen molar-refractivity contribution in [3.63, 3.8) is 0 Å². The molecule has 1 amide bonds. The number of nitrogens with one attached hydrogen (secondary N) is 2. The summed E-state index contributed by atoms with van der Waals surface area (Å²) in [7, 11) is 1.72. The minimum Gasteiger partial charge on any atom is -0.373 e. The lowest BCUT2D eigenvalue weighted by Gasteiger charge is -2.08. The van der Waals surface area contributed by atoms with Gasteiger partial charge in [0.2, 0.25) is 0 Å². The van der Waals surface area contributed by atoms with E-state index in [0.29, 0.717) is 11.4 Å². The Morgan fingerprint density at radius 2 is 2.11 bits per heavy atom. The Hall–Kier alpha value is -2.14. The van der Waals surface area contributed by atoms with Gasteiger partial charge in [-0.25, -0.2) is 9.37 Å². The van der Waals surface area contributed by atoms with Crippen molar-refractivity contribution in [2.24, 2.45) is 0 Å². The Morgan fingerprint density at radius 1 is 1.32 bits per heavy atom. The second-order valence-electron chi connectivity index (χ2n) is 3.73. The molecule has 19 heavy (non-hydrogen) atoms. The molecule has 0 saturated heterocycles. The summed E-state index contributed by atoms with van der Waals surface area (Å²) in [6.45, 7) is 0. The molecule has 6 heteroatoms. The lowest BCUT2D eigenvalue weighted by molar-refractivity contribution is 0.102. The number of carbonyl (C=O) groups excluding carboxylic acids is 1. The van der Waals surface area contributed by atoms with Gasteiger partial charge < -0.3 is 10.6 Å². The smallest absolute Gasteiger partial charge is 0.257 e. The number of nitrogens with zero attached hydrogens (tertiary/aromatic N) is 1. The molecule has 0 aliphatic rings. The third-order valence-corrected chi connectivity index (χ3v) is 2.80. The highest BCUT2D eigenvalue weighted by Crippen LogP contribution is 2.25. The van der Waals surface area contributed by atoms with Crippen LogP contribution in [0.15, 0.2) is 36.5 Å². The molecule has 98 valence electrons. The number of rotatable bonds is 3. The SMILES string of the molecule is CNc1ccc(C(=O)Nc2c(F)cccc2Cl)cn1. The lowest BCUT2D eigenvalue weighted by Crippen LogP contribution is -2.13. The van der Waals surface area contributed by atoms with E-state index in [1.54, 1.807) is 19.2 Å². The van der Waals surface area contributed by atoms with Crippen LogP contribution in [0.25, 0.3) is 0 Å². The summed E-state index contributed by atoms with van der Waals surface area (Å²) in [6.07, 6.45) is 1.40. The zero-order chi connectivity index (χ0) is 13.8. The number of benzene rings is 1. The number of carbonyl (C=O) groups is 1. The largest absolute Gasteiger partial charge is 0.373 e. The molecule has 2 aromatic rings. The quantitative estimate of drug-likeness (QED) is 0.907. The van der Waals surface area contributed by atoms with E-state index in [9.17, 15) is 9.18 Å². The summed E-state index contributed by atoms with van der Waals surface area (Å²) in [4.78, 5) is 15.9. The van der Waals surface area contributed by atoms with Gasteiger partial charge in [0.1, 0.15) is 11.6 Å². The number of amides is 1. The molecule has 0 unspecified atom stereocenters. The zero-order valence-corrected chi connectivity index (χ0v) is 10.8. The molecule has 4 nitrogen and oxygen atoms in total. The highest BCUT2D eigenvalue weighted by atomic mass is 35.5. The van der Waals surface area contributed by atoms with Crippen molar-refractivity contribution in [2.45, 2.75) is 0 Å². The van der Waals surface area contributed by atoms with Crippen molar-refractivity contribution in [1.29, 1.82) is 0 Å². The third kappa shape index (κ3) is 3.00. The van der Waals surface area contributed by atoms with Gasteiger partial charge in [0.15, 0.2) is 0 Å². The van der Waals surface area contributed by atoms with Crippen LogP contribution in [0.1, 0.15) is 10.4 Å². The Labute approximate surface area is 114 Å². The van der Waals surface area contributed by atoms with Crippen LogP contribution in [-0.4, -0.2) is 17.9 Å². The molecule has 2 rings (SSSR count). The van der Waals surface area contributed by atoms with Crippen molar-refractivity contribution in [1.82, 2.24) is 4.98 Å². The summed E-state index contributed by atoms with van der Waals surface area (Å²) in [5, 5.41) is 5.41. The van der Waals surface area contributed by atoms with Crippen LogP contribution >= 0.6 is 11.6 Å². The van der Waals surface area contributed by atoms with Gasteiger partial charge in [0.05, 0.1) is 16.3 Å². The first-order chi connectivity index (χ1) is 9.11. The molecule has 0 atom stereocenters. The molecule has 0 aliphatic carbocycles. The average molecular weight is 280 g/mol. The normalized spacial score (nSPS) is 10.1. The van der Waals surface area contributed by atoms with Gasteiger partial charge in [-0.2, -0.15) is 0 Å². The number of hydrogen-bond acceptors (Lipinski definition) is 3. The van der Waals surface area contributed by atoms with Crippen LogP contribution in [0.5, 0.6) is 0 Å². The van der Waals surface area contributed by atoms with Crippen molar-refractivity contribution >= 4 is 29.0 Å². The maximum Gasteiger partial charge on any atom is 0.257 e. The molecule has 0 spiro atoms. The van der Waals surface area contributed by atoms with Gasteiger partial charge in [0.25, 0.3) is 5.91 Å². The molecule has 0 radical (unpaired) electrons. The van der Waals surface area contributed by atoms with E-state index in [4.69, 9.17) is 11.6 Å². The summed E-state index contributed by atoms with van der Waals surface area (Å²) >= 11 is 5.83. The molecule has 0 saturated carbocycles. The molecule has 0 bridgehead atoms. The maximum absolute atomic E-state index is 13.5. The summed E-state index contributed by atoms with van der Waals surface area (Å²) in [5.41, 5.74) is 0.283. The first-order valence-electron chi connectivity index (χ1n) is 5.51. The van der Waals surface area contributed by atoms with Crippen molar-refractivity contribution in [3.8, 4) is 0 Å². The number of halogens is 2. The molecule has 0 fully saturated rings. The Morgan fingerprint density at radius 3 is 2.68 bits per heavy atom. The monoisotopic (exact) mass is 279 g/mol. The summed E-state index contributed by atoms with van der Waals surface area (Å²) in [5.74, 6) is -0.414. The molecular weight excluding hydrogens is 269 g/mol. The minimum absolute atomic E-state index is 0.0353. The highest BCUT2D eigenvalue weighted by Gasteiger charge is 2.12. The van der Waals surface area contributed by atoms with Gasteiger partial charge >= 0.3 is 0 Å². The number of hydrogen-bond donors (Lipinski definition) is 2. The predicted octanol–water partition coefficient (Wildman–Crippen LogP) is 3.17. The minimum atomic E-state index is -0.583. The fraction of sp³-hybridized carbons (Fsp3) is 0.0769. The van der Waals surface area contributed by atoms with Crippen LogP contribution in [0.2, 0.25) is 5.02 Å². The van der Waals surface area contributed by atoms with E-state index >= 15 is 0 Å². The standard InChI is InChI=1S/C13H11ClFN3O/c1-16-11-6-5-8(7-17-11)13(19)18-12-9(14)3-2-4-10(12)15/h2-7H,1H3,(H,16,17)(H,18,19). The first-order valence-corrected chi connectivity index (χ1v) is 5.89. The van der Waals surface area contributed by atoms with Crippen molar-refractivity contribution < 1.29 is 9.18 Å². The van der Waals surface area contributed by atoms with Gasteiger partial charge in [-0.1, -0.05) is 17.7 Å². The Kier molecular flexibility index (Phi) is 3.97. The Balaban J connectivity index is 2.20. The molecular formula is C13H11ClFN3O. The highest BCUT2D eigenvalue weighted by molar-refractivity contribution is 6.33. The topological polar surface area (TPSA) is 54.0 Å². The number of pyridine rings is 1. The van der Waals surface area contributed by atoms with E-state index in [2.05, 4.69) is 15.6 Å². The average Bonchev–Trinajstić information content (AvgIpc) is 2.43. The van der Waals surface area contributed by atoms with E-state index in [-0.39, 0.29) is 10.7 Å². The molecule has 2 N–H and O–H groups in total. The van der Waals surface area contributed by atoms with E-state index in [1.165, 1.54) is 24.4 Å². The van der Waals surface area contributed by atoms with Crippen LogP contribution in [0, 0.1) is 5.82 Å². The summed E-state index contributed by atoms with van der Waals surface area (Å²) in [6, 6.07) is 7.43. The molecule has 1 heterocycles. The van der Waals surface area contributed by atoms with Crippen LogP contribution < -0.4 is 10.6 Å². The number of para-hydroxylation sites is 1. The van der Waals surface area contributed by atoms with Crippen LogP contribution in [-0.2, 0) is 0 Å². The summed E-state index contributed by atoms with van der Waals surface area (Å²) < 4.78 is 13.5. The van der Waals surface area contributed by atoms with Gasteiger partial charge in [0, 0.05) is 13.2 Å². The third-order valence-electron chi connectivity index (χ3n) is 2.48. The fourth-order valence-electron chi connectivity index (χ4n) is 1.48. The van der Waals surface area contributed by atoms with Crippen LogP contribution in [0.4, 0.5) is 15.9 Å². The van der Waals surface area contributed by atoms with Gasteiger partial charge in [-0.05, 0) is 24.3 Å². The van der Waals surface area contributed by atoms with Gasteiger partial charge in [-0.3, -0.25) is 4.79 Å². The first kappa shape index (κ1) is 13.3. The fourth-order valence-corrected chi connectivity index (χ4v) is 1.69. The van der Waals surface area contributed by atoms with E-state index in [1.807, 2.05) is 0 Å². The second kappa shape index (κ2) is 5.67. The molecule has 0 aliphatic heterocycles. The Bertz CT molecular complexity index is 581. The second-order valence-corrected chi connectivity index (χ2v) is 4.14.